The third-order valence-corrected chi connectivity index (χ3v) is 3.78. The van der Waals surface area contributed by atoms with Gasteiger partial charge in [-0.2, -0.15) is 0 Å². The van der Waals surface area contributed by atoms with Gasteiger partial charge in [0.05, 0.1) is 0 Å². The Labute approximate surface area is 104 Å². The first kappa shape index (κ1) is 12.3. The average Bonchev–Trinajstić information content (AvgIpc) is 2.26. The summed E-state index contributed by atoms with van der Waals surface area (Å²) in [7, 11) is 0. The van der Waals surface area contributed by atoms with Gasteiger partial charge < -0.3 is 0 Å². The highest BCUT2D eigenvalue weighted by Crippen LogP contribution is 2.36. The van der Waals surface area contributed by atoms with Crippen LogP contribution >= 0.6 is 0 Å². The number of rotatable bonds is 6. The molecule has 0 aromatic heterocycles. The Kier molecular flexibility index (Phi) is 4.36. The summed E-state index contributed by atoms with van der Waals surface area (Å²) in [5.74, 6) is 1.21. The number of hydrogen-bond donors (Lipinski definition) is 0. The van der Waals surface area contributed by atoms with E-state index in [2.05, 4.69) is 31.2 Å². The van der Waals surface area contributed by atoms with E-state index in [1.807, 2.05) is 0 Å². The van der Waals surface area contributed by atoms with Crippen molar-refractivity contribution in [1.29, 1.82) is 0 Å². The van der Waals surface area contributed by atoms with Gasteiger partial charge in [-0.1, -0.05) is 37.6 Å². The maximum absolute atomic E-state index is 11.4. The number of Topliss-reactive ketones (excluding diaryl/α,β-unsaturated/α-hetero) is 1. The topological polar surface area (TPSA) is 17.1 Å². The fourth-order valence-electron chi connectivity index (χ4n) is 2.39. The SMILES string of the molecule is CCCC(=O)CCc1ccc(C2CCC2)cc1. The van der Waals surface area contributed by atoms with Crippen molar-refractivity contribution in [3.8, 4) is 0 Å². The average molecular weight is 230 g/mol. The van der Waals surface area contributed by atoms with Gasteiger partial charge in [0.1, 0.15) is 5.78 Å². The molecule has 1 nitrogen and oxygen atoms in total. The van der Waals surface area contributed by atoms with Crippen molar-refractivity contribution >= 4 is 5.78 Å². The molecule has 0 radical (unpaired) electrons. The molecule has 1 aromatic carbocycles. The van der Waals surface area contributed by atoms with E-state index < -0.39 is 0 Å². The minimum absolute atomic E-state index is 0.399. The molecular weight excluding hydrogens is 208 g/mol. The Bertz CT molecular complexity index is 360. The molecule has 1 aromatic rings. The Morgan fingerprint density at radius 3 is 2.41 bits per heavy atom. The Morgan fingerprint density at radius 1 is 1.18 bits per heavy atom. The summed E-state index contributed by atoms with van der Waals surface area (Å²) in [6.07, 6.45) is 7.42. The maximum Gasteiger partial charge on any atom is 0.133 e. The van der Waals surface area contributed by atoms with Gasteiger partial charge in [-0.3, -0.25) is 4.79 Å². The monoisotopic (exact) mass is 230 g/mol. The summed E-state index contributed by atoms with van der Waals surface area (Å²) in [5, 5.41) is 0. The molecular formula is C16H22O. The summed E-state index contributed by atoms with van der Waals surface area (Å²) in [4.78, 5) is 11.4. The van der Waals surface area contributed by atoms with Crippen LogP contribution in [0.3, 0.4) is 0 Å². The van der Waals surface area contributed by atoms with Gasteiger partial charge in [0.15, 0.2) is 0 Å². The first-order valence-corrected chi connectivity index (χ1v) is 6.90. The summed E-state index contributed by atoms with van der Waals surface area (Å²) >= 11 is 0. The number of ketones is 1. The third-order valence-electron chi connectivity index (χ3n) is 3.78. The summed E-state index contributed by atoms with van der Waals surface area (Å²) in [6, 6.07) is 8.91. The number of carbonyl (C=O) groups is 1. The van der Waals surface area contributed by atoms with Crippen LogP contribution in [0.25, 0.3) is 0 Å². The highest BCUT2D eigenvalue weighted by Gasteiger charge is 2.18. The maximum atomic E-state index is 11.4. The standard InChI is InChI=1S/C16H22O/c1-2-4-16(17)12-9-13-7-10-15(11-8-13)14-5-3-6-14/h7-8,10-11,14H,2-6,9,12H2,1H3. The van der Waals surface area contributed by atoms with E-state index in [0.717, 1.165) is 25.2 Å². The molecule has 17 heavy (non-hydrogen) atoms. The number of aryl methyl sites for hydroxylation is 1. The fraction of sp³-hybridized carbons (Fsp3) is 0.562. The smallest absolute Gasteiger partial charge is 0.133 e. The van der Waals surface area contributed by atoms with Crippen LogP contribution in [0.5, 0.6) is 0 Å². The summed E-state index contributed by atoms with van der Waals surface area (Å²) in [6.45, 7) is 2.06. The van der Waals surface area contributed by atoms with E-state index in [1.165, 1.54) is 30.4 Å². The van der Waals surface area contributed by atoms with Crippen LogP contribution in [-0.4, -0.2) is 5.78 Å². The Balaban J connectivity index is 1.83. The van der Waals surface area contributed by atoms with Crippen LogP contribution in [0.4, 0.5) is 0 Å². The molecule has 2 rings (SSSR count). The molecule has 0 bridgehead atoms. The van der Waals surface area contributed by atoms with Gasteiger partial charge in [0.2, 0.25) is 0 Å². The number of carbonyl (C=O) groups excluding carboxylic acids is 1. The van der Waals surface area contributed by atoms with Crippen molar-refractivity contribution in [3.05, 3.63) is 35.4 Å². The molecule has 0 aliphatic heterocycles. The Morgan fingerprint density at radius 2 is 1.88 bits per heavy atom. The minimum atomic E-state index is 0.399. The second-order valence-corrected chi connectivity index (χ2v) is 5.16. The van der Waals surface area contributed by atoms with Gasteiger partial charge in [-0.05, 0) is 42.7 Å². The van der Waals surface area contributed by atoms with E-state index in [-0.39, 0.29) is 0 Å². The number of benzene rings is 1. The van der Waals surface area contributed by atoms with E-state index in [9.17, 15) is 4.79 Å². The lowest BCUT2D eigenvalue weighted by Crippen LogP contribution is -2.08. The molecule has 0 atom stereocenters. The predicted octanol–water partition coefficient (Wildman–Crippen LogP) is 4.26. The second kappa shape index (κ2) is 6.00. The predicted molar refractivity (Wildman–Crippen MR) is 71.3 cm³/mol. The lowest BCUT2D eigenvalue weighted by atomic mass is 9.80. The van der Waals surface area contributed by atoms with Crippen LogP contribution in [0.2, 0.25) is 0 Å². The zero-order valence-electron chi connectivity index (χ0n) is 10.7. The van der Waals surface area contributed by atoms with Crippen molar-refractivity contribution in [1.82, 2.24) is 0 Å². The van der Waals surface area contributed by atoms with Crippen molar-refractivity contribution in [2.24, 2.45) is 0 Å². The molecule has 1 aliphatic rings. The molecule has 0 amide bonds. The van der Waals surface area contributed by atoms with Crippen LogP contribution in [-0.2, 0) is 11.2 Å². The second-order valence-electron chi connectivity index (χ2n) is 5.16. The first-order chi connectivity index (χ1) is 8.29. The quantitative estimate of drug-likeness (QED) is 0.713. The van der Waals surface area contributed by atoms with Gasteiger partial charge in [-0.15, -0.1) is 0 Å². The molecule has 0 heterocycles. The first-order valence-electron chi connectivity index (χ1n) is 6.90. The van der Waals surface area contributed by atoms with Crippen LogP contribution in [0, 0.1) is 0 Å². The molecule has 92 valence electrons. The van der Waals surface area contributed by atoms with Crippen LogP contribution in [0.15, 0.2) is 24.3 Å². The van der Waals surface area contributed by atoms with E-state index >= 15 is 0 Å². The van der Waals surface area contributed by atoms with Crippen molar-refractivity contribution in [2.45, 2.75) is 57.8 Å². The molecule has 0 unspecified atom stereocenters. The lowest BCUT2D eigenvalue weighted by Gasteiger charge is -2.25. The van der Waals surface area contributed by atoms with Crippen molar-refractivity contribution < 1.29 is 4.79 Å². The highest BCUT2D eigenvalue weighted by atomic mass is 16.1. The molecule has 1 saturated carbocycles. The molecule has 1 fully saturated rings. The van der Waals surface area contributed by atoms with Crippen molar-refractivity contribution in [2.75, 3.05) is 0 Å². The largest absolute Gasteiger partial charge is 0.300 e. The van der Waals surface area contributed by atoms with E-state index in [4.69, 9.17) is 0 Å². The molecule has 0 spiro atoms. The van der Waals surface area contributed by atoms with Gasteiger partial charge >= 0.3 is 0 Å². The Hall–Kier alpha value is -1.11. The van der Waals surface area contributed by atoms with Crippen molar-refractivity contribution in [3.63, 3.8) is 0 Å². The van der Waals surface area contributed by atoms with Crippen LogP contribution in [0.1, 0.15) is 62.5 Å². The summed E-state index contributed by atoms with van der Waals surface area (Å²) < 4.78 is 0. The normalized spacial score (nSPS) is 15.6. The van der Waals surface area contributed by atoms with Gasteiger partial charge in [0, 0.05) is 12.8 Å². The van der Waals surface area contributed by atoms with E-state index in [0.29, 0.717) is 12.2 Å². The van der Waals surface area contributed by atoms with E-state index in [1.54, 1.807) is 0 Å². The molecule has 1 aliphatic carbocycles. The number of hydrogen-bond acceptors (Lipinski definition) is 1. The fourth-order valence-corrected chi connectivity index (χ4v) is 2.39. The minimum Gasteiger partial charge on any atom is -0.300 e. The lowest BCUT2D eigenvalue weighted by molar-refractivity contribution is -0.119. The van der Waals surface area contributed by atoms with Crippen LogP contribution < -0.4 is 0 Å². The summed E-state index contributed by atoms with van der Waals surface area (Å²) in [5.41, 5.74) is 2.79. The third kappa shape index (κ3) is 3.42. The molecule has 1 heteroatoms. The van der Waals surface area contributed by atoms with Gasteiger partial charge in [-0.25, -0.2) is 0 Å². The zero-order valence-corrected chi connectivity index (χ0v) is 10.7. The van der Waals surface area contributed by atoms with Gasteiger partial charge in [0.25, 0.3) is 0 Å². The molecule has 0 N–H and O–H groups in total. The zero-order chi connectivity index (χ0) is 12.1. The molecule has 0 saturated heterocycles. The highest BCUT2D eigenvalue weighted by molar-refractivity contribution is 5.78.